The van der Waals surface area contributed by atoms with Crippen LogP contribution in [0, 0.1) is 29.6 Å². The van der Waals surface area contributed by atoms with Gasteiger partial charge in [0.25, 0.3) is 0 Å². The molecule has 4 aliphatic rings. The average molecular weight is 1590 g/mol. The maximum absolute atomic E-state index is 15.3. The van der Waals surface area contributed by atoms with Gasteiger partial charge in [-0.1, -0.05) is 63.9 Å². The van der Waals surface area contributed by atoms with Gasteiger partial charge in [-0.15, -0.1) is 0 Å². The van der Waals surface area contributed by atoms with Crippen molar-refractivity contribution in [1.29, 1.82) is 0 Å². The van der Waals surface area contributed by atoms with Crippen LogP contribution in [0.5, 0.6) is 0 Å². The number of aliphatic imine (C=N–C) groups is 2. The van der Waals surface area contributed by atoms with Crippen LogP contribution in [0.4, 0.5) is 0 Å². The number of likely N-dealkylation sites (tertiary alicyclic amines) is 1. The van der Waals surface area contributed by atoms with E-state index in [9.17, 15) is 67.4 Å². The van der Waals surface area contributed by atoms with E-state index in [2.05, 4.69) is 57.2 Å². The summed E-state index contributed by atoms with van der Waals surface area (Å²) in [5.74, 6) is -15.7. The van der Waals surface area contributed by atoms with E-state index >= 15 is 9.59 Å². The number of fused-ring (bicyclic) bond motifs is 1. The minimum Gasteiger partial charge on any atom is -0.480 e. The number of ketones is 5. The monoisotopic (exact) mass is 1590 g/mol. The van der Waals surface area contributed by atoms with E-state index in [4.69, 9.17) is 28.7 Å². The molecule has 1 aromatic carbocycles. The van der Waals surface area contributed by atoms with Crippen LogP contribution in [-0.4, -0.2) is 235 Å². The molecule has 36 heteroatoms. The first-order chi connectivity index (χ1) is 53.0. The van der Waals surface area contributed by atoms with Crippen molar-refractivity contribution in [3.63, 3.8) is 0 Å². The van der Waals surface area contributed by atoms with Crippen LogP contribution >= 0.6 is 23.5 Å². The first-order valence-electron chi connectivity index (χ1n) is 38.6. The largest absolute Gasteiger partial charge is 0.480 e. The lowest BCUT2D eigenvalue weighted by molar-refractivity contribution is -0.142. The van der Waals surface area contributed by atoms with Gasteiger partial charge in [0.05, 0.1) is 48.4 Å². The zero-order chi connectivity index (χ0) is 81.1. The van der Waals surface area contributed by atoms with Crippen LogP contribution in [0.1, 0.15) is 167 Å². The van der Waals surface area contributed by atoms with Crippen molar-refractivity contribution in [3.05, 3.63) is 54.1 Å². The second-order valence-electron chi connectivity index (χ2n) is 29.4. The summed E-state index contributed by atoms with van der Waals surface area (Å²) in [5.41, 5.74) is 29.3. The van der Waals surface area contributed by atoms with Crippen LogP contribution in [0.2, 0.25) is 0 Å². The van der Waals surface area contributed by atoms with Gasteiger partial charge in [0.15, 0.2) is 35.1 Å². The van der Waals surface area contributed by atoms with Gasteiger partial charge in [-0.3, -0.25) is 77.1 Å². The first kappa shape index (κ1) is 90.6. The predicted octanol–water partition coefficient (Wildman–Crippen LogP) is -0.0965. The molecule has 34 nitrogen and oxygen atoms in total. The van der Waals surface area contributed by atoms with Crippen molar-refractivity contribution < 1.29 is 77.0 Å². The number of hydrogen-bond donors (Lipinski definition) is 14. The van der Waals surface area contributed by atoms with E-state index < -0.39 is 174 Å². The lowest BCUT2D eigenvalue weighted by Gasteiger charge is -2.30. The van der Waals surface area contributed by atoms with E-state index in [1.54, 1.807) is 30.3 Å². The Labute approximate surface area is 655 Å². The number of carbonyl (C=O) groups excluding carboxylic acids is 14. The molecule has 3 saturated heterocycles. The number of imidazole rings is 1. The minimum absolute atomic E-state index is 0.0254. The van der Waals surface area contributed by atoms with Gasteiger partial charge >= 0.3 is 5.97 Å². The molecule has 3 aliphatic heterocycles. The molecule has 111 heavy (non-hydrogen) atoms. The van der Waals surface area contributed by atoms with Gasteiger partial charge < -0.3 is 85.8 Å². The summed E-state index contributed by atoms with van der Waals surface area (Å²) in [4.78, 5) is 231. The number of aromatic nitrogens is 2. The molecular formula is C75H114N18O16S2. The molecular weight excluding hydrogens is 1470 g/mol. The number of carbonyl (C=O) groups is 15. The predicted molar refractivity (Wildman–Crippen MR) is 417 cm³/mol. The molecule has 4 fully saturated rings. The maximum Gasteiger partial charge on any atom is 0.326 e. The topological polar surface area (TPSA) is 550 Å². The van der Waals surface area contributed by atoms with Crippen LogP contribution in [0.3, 0.4) is 0 Å². The highest BCUT2D eigenvalue weighted by Crippen LogP contribution is 2.28. The quantitative estimate of drug-likeness (QED) is 0.0247. The smallest absolute Gasteiger partial charge is 0.326 e. The van der Waals surface area contributed by atoms with Gasteiger partial charge in [-0.25, -0.2) is 9.78 Å². The number of thioether (sulfide) groups is 2. The molecule has 9 amide bonds. The van der Waals surface area contributed by atoms with Gasteiger partial charge in [0, 0.05) is 112 Å². The van der Waals surface area contributed by atoms with Crippen LogP contribution in [0.15, 0.2) is 52.8 Å². The third kappa shape index (κ3) is 30.7. The fraction of sp³-hybridized carbons (Fsp3) is 0.653. The van der Waals surface area contributed by atoms with Crippen molar-refractivity contribution in [2.75, 3.05) is 62.3 Å². The standard InChI is InChI=1S/C75H114N18O16S2/c1-4-5-17-46-34-63(98)59-21-13-28-92(59)64(99)38-84-69(104)54(18-9-10-25-76)87-68(103)49(32-50-37-81-43-85-50)36-62(97)57(41-110-39-52(95)40-111-42-58(91-65(46)100)70(105)89-56(73(108)109)31-45-15-7-6-8-16-45)90-67(102)48(30-44(2)3)35-61(96)53(19-11-26-82-74(77)78)86-71(106)60-22-14-29-93(60)72(107)55(20-12-27-83-75(79)80)88-66(101)47-23-24-51(94)33-47/h6-8,15-16,37,43-44,46-49,53-60H,4-5,9-14,17-36,38-42,76H2,1-3H3,(H,81,85)(H,84,104)(H,86,106)(H,87,103)(H,88,101)(H,89,105)(H,90,102)(H,91,100)(H,108,109)(H4,77,78,82)(H4,79,80,83)/t46-,47+,48+,49+,53+,54-,55+,56-,57+,58+,59-,60-/m1/s1. The second kappa shape index (κ2) is 47.1. The summed E-state index contributed by atoms with van der Waals surface area (Å²) in [7, 11) is 0. The Morgan fingerprint density at radius 1 is 0.703 bits per heavy atom. The molecule has 12 atom stereocenters. The van der Waals surface area contributed by atoms with Crippen molar-refractivity contribution in [3.8, 4) is 0 Å². The molecule has 0 spiro atoms. The van der Waals surface area contributed by atoms with E-state index in [0.29, 0.717) is 56.2 Å². The number of hydrogen-bond acceptors (Lipinski definition) is 21. The number of rotatable bonds is 34. The highest BCUT2D eigenvalue weighted by Gasteiger charge is 2.43. The second-order valence-corrected chi connectivity index (χ2v) is 31.5. The number of carboxylic acid groups (broad SMARTS) is 1. The number of nitrogens with one attached hydrogen (secondary N) is 8. The summed E-state index contributed by atoms with van der Waals surface area (Å²) in [5, 5.41) is 29.6. The number of amides is 9. The molecule has 19 N–H and O–H groups in total. The number of Topliss-reactive ketones (excluding diaryl/α,β-unsaturated/α-hetero) is 5. The van der Waals surface area contributed by atoms with Gasteiger partial charge in [-0.2, -0.15) is 23.5 Å². The SMILES string of the molecule is CCCC[C@@H]1CC(=O)[C@H]2CCCN2C(=O)CNC(=O)[C@@H](CCCCN)NC(=O)[C@@H](Cc2cnc[nH]2)CC(=O)[C@@H](NC(=O)[C@H](CC(=O)[C@H](CCCN=C(N)N)NC(=O)[C@H]2CCCN2C(=O)[C@H](CCCN=C(N)N)NC(=O)[C@H]2CCC(=O)C2)CC(C)C)CSCC(=O)CSC[C@@H](C(=O)N[C@H](Cc2ccccc2)C(=O)O)NC1=O. The zero-order valence-electron chi connectivity index (χ0n) is 63.9. The lowest BCUT2D eigenvalue weighted by Crippen LogP contribution is -2.56. The molecule has 612 valence electrons. The number of aliphatic carboxylic acids is 1. The van der Waals surface area contributed by atoms with Crippen molar-refractivity contribution in [1.82, 2.24) is 57.0 Å². The van der Waals surface area contributed by atoms with Crippen LogP contribution in [0.25, 0.3) is 0 Å². The number of aromatic amines is 1. The Hall–Kier alpha value is -9.32. The van der Waals surface area contributed by atoms with Crippen molar-refractivity contribution in [2.24, 2.45) is 68.2 Å². The number of unbranched alkanes of at least 4 members (excludes halogenated alkanes) is 2. The normalized spacial score (nSPS) is 22.7. The third-order valence-corrected chi connectivity index (χ3v) is 22.3. The van der Waals surface area contributed by atoms with Gasteiger partial charge in [0.1, 0.15) is 36.0 Å². The Bertz CT molecular complexity index is 3580. The lowest BCUT2D eigenvalue weighted by atomic mass is 9.88. The molecule has 6 rings (SSSR count). The Kier molecular flexibility index (Phi) is 38.5. The Balaban J connectivity index is 1.32. The Morgan fingerprint density at radius 2 is 1.36 bits per heavy atom. The van der Waals surface area contributed by atoms with Gasteiger partial charge in [0.2, 0.25) is 53.2 Å². The Morgan fingerprint density at radius 3 is 2.00 bits per heavy atom. The number of guanidine groups is 2. The molecule has 4 heterocycles. The van der Waals surface area contributed by atoms with E-state index in [1.807, 2.05) is 20.8 Å². The minimum atomic E-state index is -1.47. The summed E-state index contributed by atoms with van der Waals surface area (Å²) in [6.07, 6.45) is 5.64. The highest BCUT2D eigenvalue weighted by atomic mass is 32.2. The molecule has 1 aromatic heterocycles. The molecule has 0 bridgehead atoms. The third-order valence-electron chi connectivity index (χ3n) is 20.1. The maximum atomic E-state index is 15.3. The van der Waals surface area contributed by atoms with Gasteiger partial charge in [-0.05, 0) is 108 Å². The number of benzene rings is 1. The zero-order valence-corrected chi connectivity index (χ0v) is 65.5. The highest BCUT2D eigenvalue weighted by molar-refractivity contribution is 8.01. The molecule has 1 aliphatic carbocycles. The number of H-pyrrole nitrogens is 1. The van der Waals surface area contributed by atoms with E-state index in [-0.39, 0.29) is 169 Å². The number of carboxylic acids is 1. The summed E-state index contributed by atoms with van der Waals surface area (Å²) in [6.45, 7) is 5.61. The van der Waals surface area contributed by atoms with E-state index in [0.717, 1.165) is 23.5 Å². The molecule has 2 aromatic rings. The fourth-order valence-corrected chi connectivity index (χ4v) is 16.1. The fourth-order valence-electron chi connectivity index (χ4n) is 14.1. The number of nitrogens with zero attached hydrogens (tertiary/aromatic N) is 5. The first-order valence-corrected chi connectivity index (χ1v) is 40.9. The summed E-state index contributed by atoms with van der Waals surface area (Å²) in [6, 6.07) is -1.60. The van der Waals surface area contributed by atoms with Crippen LogP contribution in [-0.2, 0) is 84.8 Å². The van der Waals surface area contributed by atoms with Crippen LogP contribution < -0.4 is 65.9 Å². The number of nitrogens with two attached hydrogens (primary N) is 5. The summed E-state index contributed by atoms with van der Waals surface area (Å²) < 4.78 is 0. The summed E-state index contributed by atoms with van der Waals surface area (Å²) >= 11 is 1.91. The van der Waals surface area contributed by atoms with Crippen molar-refractivity contribution >= 4 is 123 Å². The molecule has 0 radical (unpaired) electrons. The molecule has 0 unspecified atom stereocenters. The van der Waals surface area contributed by atoms with Crippen molar-refractivity contribution in [2.45, 2.75) is 217 Å². The average Bonchev–Trinajstić information content (AvgIpc) is 1.73. The molecule has 1 saturated carbocycles. The van der Waals surface area contributed by atoms with E-state index in [1.165, 1.54) is 22.3 Å².